The lowest BCUT2D eigenvalue weighted by Gasteiger charge is -2.26. The van der Waals surface area contributed by atoms with E-state index in [4.69, 9.17) is 14.2 Å². The smallest absolute Gasteiger partial charge is 0.341 e. The predicted molar refractivity (Wildman–Crippen MR) is 99.6 cm³/mol. The molecule has 0 saturated heterocycles. The van der Waals surface area contributed by atoms with E-state index in [0.717, 1.165) is 19.3 Å². The van der Waals surface area contributed by atoms with Gasteiger partial charge in [-0.3, -0.25) is 4.79 Å². The molecule has 0 radical (unpaired) electrons. The van der Waals surface area contributed by atoms with Crippen LogP contribution in [0.3, 0.4) is 0 Å². The number of carbonyl (C=O) groups is 2. The van der Waals surface area contributed by atoms with Crippen molar-refractivity contribution >= 4 is 17.6 Å². The average Bonchev–Trinajstić information content (AvgIpc) is 3.13. The molecule has 6 heteroatoms. The molecule has 0 unspecified atom stereocenters. The van der Waals surface area contributed by atoms with Crippen LogP contribution in [0.1, 0.15) is 63.2 Å². The van der Waals surface area contributed by atoms with E-state index in [1.54, 1.807) is 32.2 Å². The first-order valence-corrected chi connectivity index (χ1v) is 9.30. The van der Waals surface area contributed by atoms with Crippen molar-refractivity contribution in [1.82, 2.24) is 0 Å². The first-order chi connectivity index (χ1) is 12.5. The van der Waals surface area contributed by atoms with E-state index in [9.17, 15) is 9.59 Å². The van der Waals surface area contributed by atoms with Gasteiger partial charge in [0.2, 0.25) is 0 Å². The number of nitrogens with one attached hydrogen (secondary N) is 1. The highest BCUT2D eigenvalue weighted by Crippen LogP contribution is 2.34. The Morgan fingerprint density at radius 1 is 1.23 bits per heavy atom. The molecule has 0 heterocycles. The standard InChI is InChI=1S/C20H29NO5/c1-5-14(3)26-17-10-9-15(13-16(17)18(22)25-6-2)21-19(23)20(24-4)11-7-8-12-20/h9-10,13-14H,5-8,11-12H2,1-4H3,(H,21,23)/t14-/m1/s1. The van der Waals surface area contributed by atoms with E-state index in [1.807, 2.05) is 13.8 Å². The first-order valence-electron chi connectivity index (χ1n) is 9.30. The molecule has 1 amide bonds. The molecule has 1 aromatic carbocycles. The van der Waals surface area contributed by atoms with E-state index < -0.39 is 11.6 Å². The molecule has 1 aliphatic rings. The summed E-state index contributed by atoms with van der Waals surface area (Å²) in [6.07, 6.45) is 4.13. The van der Waals surface area contributed by atoms with Crippen LogP contribution in [0.4, 0.5) is 5.69 Å². The summed E-state index contributed by atoms with van der Waals surface area (Å²) in [6, 6.07) is 5.03. The van der Waals surface area contributed by atoms with Crippen molar-refractivity contribution in [1.29, 1.82) is 0 Å². The van der Waals surface area contributed by atoms with Crippen LogP contribution < -0.4 is 10.1 Å². The molecule has 1 fully saturated rings. The maximum absolute atomic E-state index is 12.7. The molecule has 2 rings (SSSR count). The van der Waals surface area contributed by atoms with Gasteiger partial charge in [-0.1, -0.05) is 6.92 Å². The second-order valence-electron chi connectivity index (χ2n) is 6.63. The molecule has 1 aromatic rings. The predicted octanol–water partition coefficient (Wildman–Crippen LogP) is 3.94. The van der Waals surface area contributed by atoms with Crippen molar-refractivity contribution in [3.63, 3.8) is 0 Å². The molecular weight excluding hydrogens is 334 g/mol. The number of anilines is 1. The van der Waals surface area contributed by atoms with E-state index in [-0.39, 0.29) is 18.6 Å². The number of hydrogen-bond donors (Lipinski definition) is 1. The van der Waals surface area contributed by atoms with Crippen molar-refractivity contribution in [2.75, 3.05) is 19.0 Å². The van der Waals surface area contributed by atoms with Crippen molar-refractivity contribution < 1.29 is 23.8 Å². The van der Waals surface area contributed by atoms with Gasteiger partial charge in [0, 0.05) is 12.8 Å². The van der Waals surface area contributed by atoms with Gasteiger partial charge in [-0.05, 0) is 64.2 Å². The zero-order valence-electron chi connectivity index (χ0n) is 16.1. The highest BCUT2D eigenvalue weighted by atomic mass is 16.5. The number of esters is 1. The monoisotopic (exact) mass is 363 g/mol. The molecule has 0 bridgehead atoms. The van der Waals surface area contributed by atoms with Gasteiger partial charge < -0.3 is 19.5 Å². The van der Waals surface area contributed by atoms with Crippen LogP contribution in [0.2, 0.25) is 0 Å². The van der Waals surface area contributed by atoms with E-state index in [2.05, 4.69) is 5.32 Å². The summed E-state index contributed by atoms with van der Waals surface area (Å²) >= 11 is 0. The zero-order chi connectivity index (χ0) is 19.2. The number of ether oxygens (including phenoxy) is 3. The molecule has 26 heavy (non-hydrogen) atoms. The van der Waals surface area contributed by atoms with Crippen molar-refractivity contribution in [2.24, 2.45) is 0 Å². The van der Waals surface area contributed by atoms with E-state index in [1.165, 1.54) is 0 Å². The van der Waals surface area contributed by atoms with Crippen molar-refractivity contribution in [3.8, 4) is 5.75 Å². The highest BCUT2D eigenvalue weighted by molar-refractivity contribution is 5.99. The normalized spacial score (nSPS) is 16.8. The summed E-state index contributed by atoms with van der Waals surface area (Å²) in [7, 11) is 1.57. The fourth-order valence-corrected chi connectivity index (χ4v) is 3.09. The third-order valence-electron chi connectivity index (χ3n) is 4.85. The zero-order valence-corrected chi connectivity index (χ0v) is 16.1. The van der Waals surface area contributed by atoms with E-state index >= 15 is 0 Å². The number of hydrogen-bond acceptors (Lipinski definition) is 5. The summed E-state index contributed by atoms with van der Waals surface area (Å²) in [5.74, 6) is -0.190. The van der Waals surface area contributed by atoms with Gasteiger partial charge in [-0.25, -0.2) is 4.79 Å². The van der Waals surface area contributed by atoms with Crippen LogP contribution in [-0.4, -0.2) is 37.3 Å². The third kappa shape index (κ3) is 4.55. The van der Waals surface area contributed by atoms with Crippen LogP contribution in [-0.2, 0) is 14.3 Å². The largest absolute Gasteiger partial charge is 0.490 e. The molecule has 1 atom stereocenters. The van der Waals surface area contributed by atoms with Gasteiger partial charge in [-0.15, -0.1) is 0 Å². The van der Waals surface area contributed by atoms with Crippen LogP contribution in [0.25, 0.3) is 0 Å². The first kappa shape index (κ1) is 20.2. The second-order valence-corrected chi connectivity index (χ2v) is 6.63. The maximum atomic E-state index is 12.7. The molecule has 0 spiro atoms. The summed E-state index contributed by atoms with van der Waals surface area (Å²) < 4.78 is 16.5. The Bertz CT molecular complexity index is 637. The minimum absolute atomic E-state index is 0.0288. The molecule has 1 aliphatic carbocycles. The SMILES string of the molecule is CCOC(=O)c1cc(NC(=O)C2(OC)CCCC2)ccc1O[C@H](C)CC. The quantitative estimate of drug-likeness (QED) is 0.708. The Morgan fingerprint density at radius 3 is 2.50 bits per heavy atom. The Kier molecular flexibility index (Phi) is 7.03. The van der Waals surface area contributed by atoms with Gasteiger partial charge in [0.1, 0.15) is 16.9 Å². The van der Waals surface area contributed by atoms with Crippen LogP contribution in [0.15, 0.2) is 18.2 Å². The maximum Gasteiger partial charge on any atom is 0.341 e. The Labute approximate surface area is 155 Å². The number of methoxy groups -OCH3 is 1. The summed E-state index contributed by atoms with van der Waals surface area (Å²) in [4.78, 5) is 25.0. The fraction of sp³-hybridized carbons (Fsp3) is 0.600. The van der Waals surface area contributed by atoms with Gasteiger partial charge in [0.05, 0.1) is 12.7 Å². The number of carbonyl (C=O) groups excluding carboxylic acids is 2. The van der Waals surface area contributed by atoms with Gasteiger partial charge in [0.15, 0.2) is 0 Å². The van der Waals surface area contributed by atoms with Crippen LogP contribution >= 0.6 is 0 Å². The topological polar surface area (TPSA) is 73.9 Å². The fourth-order valence-electron chi connectivity index (χ4n) is 3.09. The van der Waals surface area contributed by atoms with Gasteiger partial charge >= 0.3 is 5.97 Å². The number of benzene rings is 1. The number of amides is 1. The Balaban J connectivity index is 2.25. The van der Waals surface area contributed by atoms with Gasteiger partial charge in [-0.2, -0.15) is 0 Å². The number of rotatable bonds is 8. The van der Waals surface area contributed by atoms with Gasteiger partial charge in [0.25, 0.3) is 5.91 Å². The molecule has 6 nitrogen and oxygen atoms in total. The van der Waals surface area contributed by atoms with Crippen molar-refractivity contribution in [2.45, 2.75) is 64.6 Å². The lowest BCUT2D eigenvalue weighted by molar-refractivity contribution is -0.137. The molecule has 0 aromatic heterocycles. The minimum Gasteiger partial charge on any atom is -0.490 e. The van der Waals surface area contributed by atoms with E-state index in [0.29, 0.717) is 29.8 Å². The van der Waals surface area contributed by atoms with Crippen LogP contribution in [0, 0.1) is 0 Å². The van der Waals surface area contributed by atoms with Crippen molar-refractivity contribution in [3.05, 3.63) is 23.8 Å². The second kappa shape index (κ2) is 9.03. The Morgan fingerprint density at radius 2 is 1.92 bits per heavy atom. The molecule has 1 saturated carbocycles. The highest BCUT2D eigenvalue weighted by Gasteiger charge is 2.41. The third-order valence-corrected chi connectivity index (χ3v) is 4.85. The summed E-state index contributed by atoms with van der Waals surface area (Å²) in [6.45, 7) is 5.97. The summed E-state index contributed by atoms with van der Waals surface area (Å²) in [5, 5.41) is 2.88. The lowest BCUT2D eigenvalue weighted by Crippen LogP contribution is -2.42. The lowest BCUT2D eigenvalue weighted by atomic mass is 10.0. The molecular formula is C20H29NO5. The minimum atomic E-state index is -0.782. The Hall–Kier alpha value is -2.08. The average molecular weight is 363 g/mol. The molecule has 0 aliphatic heterocycles. The molecule has 1 N–H and O–H groups in total. The molecule has 144 valence electrons. The summed E-state index contributed by atoms with van der Waals surface area (Å²) in [5.41, 5.74) is 0.0522. The van der Waals surface area contributed by atoms with Crippen LogP contribution in [0.5, 0.6) is 5.75 Å².